The molecule has 1 aromatic heterocycles. The number of thiazole rings is 1. The van der Waals surface area contributed by atoms with E-state index < -0.39 is 0 Å². The lowest BCUT2D eigenvalue weighted by atomic mass is 9.77. The van der Waals surface area contributed by atoms with Crippen LogP contribution in [0.1, 0.15) is 73.6 Å². The third kappa shape index (κ3) is 1.97. The number of aliphatic hydroxyl groups is 1. The zero-order valence-electron chi connectivity index (χ0n) is 11.9. The normalized spacial score (nSPS) is 39.5. The molecule has 4 unspecified atom stereocenters. The second-order valence-corrected chi connectivity index (χ2v) is 8.77. The van der Waals surface area contributed by atoms with Crippen LogP contribution in [-0.2, 0) is 6.42 Å². The fourth-order valence-electron chi connectivity index (χ4n) is 4.62. The van der Waals surface area contributed by atoms with Gasteiger partial charge in [-0.05, 0) is 49.4 Å². The summed E-state index contributed by atoms with van der Waals surface area (Å²) in [5.74, 6) is 2.57. The second kappa shape index (κ2) is 4.05. The average Bonchev–Trinajstić information content (AvgIpc) is 2.98. The van der Waals surface area contributed by atoms with Gasteiger partial charge in [0.25, 0.3) is 0 Å². The van der Waals surface area contributed by atoms with Crippen molar-refractivity contribution in [1.29, 1.82) is 0 Å². The summed E-state index contributed by atoms with van der Waals surface area (Å²) in [4.78, 5) is 6.13. The van der Waals surface area contributed by atoms with Crippen LogP contribution in [0.25, 0.3) is 0 Å². The number of rotatable bonds is 1. The molecule has 4 atom stereocenters. The van der Waals surface area contributed by atoms with Crippen LogP contribution in [0.2, 0.25) is 0 Å². The second-order valence-electron chi connectivity index (χ2n) is 7.71. The third-order valence-corrected chi connectivity index (χ3v) is 6.82. The first kappa shape index (κ1) is 12.3. The lowest BCUT2D eigenvalue weighted by molar-refractivity contribution is 0.102. The molecule has 1 N–H and O–H groups in total. The molecule has 3 aliphatic carbocycles. The van der Waals surface area contributed by atoms with Gasteiger partial charge in [-0.25, -0.2) is 4.98 Å². The Morgan fingerprint density at radius 2 is 2.11 bits per heavy atom. The molecule has 2 nitrogen and oxygen atoms in total. The summed E-state index contributed by atoms with van der Waals surface area (Å²) < 4.78 is 0. The molecule has 104 valence electrons. The van der Waals surface area contributed by atoms with Crippen LogP contribution in [0, 0.1) is 17.3 Å². The molecule has 0 spiro atoms. The van der Waals surface area contributed by atoms with Crippen molar-refractivity contribution in [2.75, 3.05) is 0 Å². The van der Waals surface area contributed by atoms with Crippen molar-refractivity contribution in [3.63, 3.8) is 0 Å². The number of hydrogen-bond acceptors (Lipinski definition) is 3. The Balaban J connectivity index is 1.66. The van der Waals surface area contributed by atoms with E-state index in [1.165, 1.54) is 41.3 Å². The monoisotopic (exact) mass is 277 g/mol. The Kier molecular flexibility index (Phi) is 2.63. The van der Waals surface area contributed by atoms with Crippen molar-refractivity contribution in [2.45, 2.75) is 64.4 Å². The van der Waals surface area contributed by atoms with E-state index in [9.17, 15) is 5.11 Å². The van der Waals surface area contributed by atoms with Gasteiger partial charge in [0, 0.05) is 5.92 Å². The van der Waals surface area contributed by atoms with E-state index in [0.717, 1.165) is 24.7 Å². The molecule has 0 amide bonds. The lowest BCUT2D eigenvalue weighted by Gasteiger charge is -2.31. The zero-order valence-corrected chi connectivity index (χ0v) is 12.7. The fourth-order valence-corrected chi connectivity index (χ4v) is 5.89. The molecule has 2 saturated carbocycles. The molecule has 0 aliphatic heterocycles. The highest BCUT2D eigenvalue weighted by molar-refractivity contribution is 7.12. The van der Waals surface area contributed by atoms with E-state index in [0.29, 0.717) is 5.92 Å². The van der Waals surface area contributed by atoms with E-state index in [1.54, 1.807) is 0 Å². The molecule has 1 aromatic rings. The first-order valence-electron chi connectivity index (χ1n) is 7.69. The van der Waals surface area contributed by atoms with Gasteiger partial charge in [0.15, 0.2) is 0 Å². The van der Waals surface area contributed by atoms with Gasteiger partial charge in [-0.2, -0.15) is 0 Å². The van der Waals surface area contributed by atoms with Crippen LogP contribution in [-0.4, -0.2) is 10.1 Å². The van der Waals surface area contributed by atoms with Crippen LogP contribution in [0.4, 0.5) is 0 Å². The Morgan fingerprint density at radius 3 is 2.79 bits per heavy atom. The van der Waals surface area contributed by atoms with Gasteiger partial charge in [-0.15, -0.1) is 11.3 Å². The molecule has 1 heterocycles. The van der Waals surface area contributed by atoms with Gasteiger partial charge >= 0.3 is 0 Å². The summed E-state index contributed by atoms with van der Waals surface area (Å²) in [5.41, 5.74) is 1.40. The number of aromatic nitrogens is 1. The lowest BCUT2D eigenvalue weighted by Crippen LogP contribution is -2.24. The van der Waals surface area contributed by atoms with E-state index in [4.69, 9.17) is 4.98 Å². The Bertz CT molecular complexity index is 507. The Hall–Kier alpha value is -0.410. The van der Waals surface area contributed by atoms with Gasteiger partial charge in [-0.3, -0.25) is 0 Å². The maximum atomic E-state index is 10.4. The molecule has 2 fully saturated rings. The summed E-state index contributed by atoms with van der Waals surface area (Å²) in [6, 6.07) is 0. The highest BCUT2D eigenvalue weighted by Crippen LogP contribution is 2.54. The van der Waals surface area contributed by atoms with Crippen molar-refractivity contribution < 1.29 is 5.11 Å². The summed E-state index contributed by atoms with van der Waals surface area (Å²) in [7, 11) is 0. The van der Waals surface area contributed by atoms with Crippen LogP contribution >= 0.6 is 11.3 Å². The van der Waals surface area contributed by atoms with Crippen LogP contribution in [0.5, 0.6) is 0 Å². The molecule has 3 aliphatic rings. The molecular formula is C16H23NOS. The molecule has 2 bridgehead atoms. The van der Waals surface area contributed by atoms with Gasteiger partial charge < -0.3 is 5.11 Å². The maximum absolute atomic E-state index is 10.4. The summed E-state index contributed by atoms with van der Waals surface area (Å²) in [6.07, 6.45) is 7.30. The number of nitrogens with zero attached hydrogens (tertiary/aromatic N) is 1. The number of hydrogen-bond donors (Lipinski definition) is 1. The quantitative estimate of drug-likeness (QED) is 0.840. The van der Waals surface area contributed by atoms with Crippen LogP contribution in [0.3, 0.4) is 0 Å². The predicted molar refractivity (Wildman–Crippen MR) is 77.4 cm³/mol. The van der Waals surface area contributed by atoms with Gasteiger partial charge in [0.2, 0.25) is 0 Å². The highest BCUT2D eigenvalue weighted by atomic mass is 32.1. The van der Waals surface area contributed by atoms with Gasteiger partial charge in [0.1, 0.15) is 0 Å². The standard InChI is InChI=1S/C16H23NOS/c1-16(2)7-12-14(13(18)8-16)19-15(17-12)11-6-9-3-4-10(11)5-9/h9-11,13,18H,3-8H2,1-2H3. The molecule has 4 rings (SSSR count). The number of fused-ring (bicyclic) bond motifs is 3. The molecular weight excluding hydrogens is 254 g/mol. The van der Waals surface area contributed by atoms with Crippen LogP contribution < -0.4 is 0 Å². The van der Waals surface area contributed by atoms with Crippen molar-refractivity contribution in [3.05, 3.63) is 15.6 Å². The minimum Gasteiger partial charge on any atom is -0.387 e. The van der Waals surface area contributed by atoms with E-state index in [2.05, 4.69) is 13.8 Å². The van der Waals surface area contributed by atoms with E-state index in [1.807, 2.05) is 11.3 Å². The Morgan fingerprint density at radius 1 is 1.26 bits per heavy atom. The number of aliphatic hydroxyl groups excluding tert-OH is 1. The van der Waals surface area contributed by atoms with Crippen molar-refractivity contribution in [2.24, 2.45) is 17.3 Å². The van der Waals surface area contributed by atoms with Gasteiger partial charge in [0.05, 0.1) is 21.7 Å². The fraction of sp³-hybridized carbons (Fsp3) is 0.812. The SMILES string of the molecule is CC1(C)Cc2nc(C3CC4CCC3C4)sc2C(O)C1. The zero-order chi connectivity index (χ0) is 13.2. The van der Waals surface area contributed by atoms with Crippen LogP contribution in [0.15, 0.2) is 0 Å². The van der Waals surface area contributed by atoms with Gasteiger partial charge in [-0.1, -0.05) is 20.3 Å². The van der Waals surface area contributed by atoms with E-state index in [-0.39, 0.29) is 11.5 Å². The van der Waals surface area contributed by atoms with Crippen molar-refractivity contribution in [1.82, 2.24) is 4.98 Å². The minimum absolute atomic E-state index is 0.201. The largest absolute Gasteiger partial charge is 0.387 e. The molecule has 19 heavy (non-hydrogen) atoms. The Labute approximate surface area is 119 Å². The highest BCUT2D eigenvalue weighted by Gasteiger charge is 2.43. The first-order valence-corrected chi connectivity index (χ1v) is 8.51. The summed E-state index contributed by atoms with van der Waals surface area (Å²) in [6.45, 7) is 4.49. The average molecular weight is 277 g/mol. The topological polar surface area (TPSA) is 33.1 Å². The first-order chi connectivity index (χ1) is 9.02. The predicted octanol–water partition coefficient (Wildman–Crippen LogP) is 4.05. The smallest absolute Gasteiger partial charge is 0.0965 e. The summed E-state index contributed by atoms with van der Waals surface area (Å²) >= 11 is 1.82. The molecule has 0 aromatic carbocycles. The summed E-state index contributed by atoms with van der Waals surface area (Å²) in [5, 5.41) is 11.7. The van der Waals surface area contributed by atoms with Crippen molar-refractivity contribution in [3.8, 4) is 0 Å². The molecule has 0 saturated heterocycles. The van der Waals surface area contributed by atoms with Crippen molar-refractivity contribution >= 4 is 11.3 Å². The third-order valence-electron chi connectivity index (χ3n) is 5.49. The minimum atomic E-state index is -0.274. The maximum Gasteiger partial charge on any atom is 0.0965 e. The molecule has 3 heteroatoms. The van der Waals surface area contributed by atoms with E-state index >= 15 is 0 Å². The molecule has 0 radical (unpaired) electrons.